The second-order valence-electron chi connectivity index (χ2n) is 5.48. The van der Waals surface area contributed by atoms with E-state index in [0.717, 1.165) is 11.4 Å². The van der Waals surface area contributed by atoms with Gasteiger partial charge in [-0.15, -0.1) is 6.58 Å². The number of aryl methyl sites for hydroxylation is 1. The van der Waals surface area contributed by atoms with Gasteiger partial charge in [-0.25, -0.2) is 4.79 Å². The largest absolute Gasteiger partial charge is 0.480 e. The summed E-state index contributed by atoms with van der Waals surface area (Å²) in [5.41, 5.74) is 2.38. The molecule has 0 aliphatic rings. The average Bonchev–Trinajstić information content (AvgIpc) is 2.69. The zero-order valence-corrected chi connectivity index (χ0v) is 13.1. The molecule has 0 radical (unpaired) electrons. The second kappa shape index (κ2) is 7.11. The first-order valence-electron chi connectivity index (χ1n) is 7.12. The van der Waals surface area contributed by atoms with Crippen molar-refractivity contribution in [3.63, 3.8) is 0 Å². The van der Waals surface area contributed by atoms with Crippen LogP contribution in [-0.4, -0.2) is 27.6 Å². The Kier molecular flexibility index (Phi) is 5.76. The number of amides is 1. The maximum atomic E-state index is 12.3. The number of nitrogens with zero attached hydrogens (tertiary/aromatic N) is 1. The minimum Gasteiger partial charge on any atom is -0.480 e. The zero-order valence-electron chi connectivity index (χ0n) is 13.1. The molecule has 116 valence electrons. The number of rotatable bonds is 7. The Morgan fingerprint density at radius 3 is 2.48 bits per heavy atom. The Bertz CT molecular complexity index is 544. The lowest BCUT2D eigenvalue weighted by Crippen LogP contribution is -2.40. The Morgan fingerprint density at radius 1 is 1.43 bits per heavy atom. The van der Waals surface area contributed by atoms with Crippen LogP contribution in [0.15, 0.2) is 18.7 Å². The summed E-state index contributed by atoms with van der Waals surface area (Å²) in [4.78, 5) is 23.5. The number of hydrogen-bond donors (Lipinski definition) is 2. The van der Waals surface area contributed by atoms with E-state index in [1.807, 2.05) is 27.7 Å². The number of aliphatic carboxylic acids is 1. The van der Waals surface area contributed by atoms with E-state index in [1.165, 1.54) is 0 Å². The second-order valence-corrected chi connectivity index (χ2v) is 5.48. The third-order valence-electron chi connectivity index (χ3n) is 3.51. The first-order chi connectivity index (χ1) is 9.79. The van der Waals surface area contributed by atoms with E-state index in [9.17, 15) is 9.59 Å². The normalized spacial score (nSPS) is 12.2. The number of hydrogen-bond acceptors (Lipinski definition) is 2. The maximum Gasteiger partial charge on any atom is 0.326 e. The lowest BCUT2D eigenvalue weighted by atomic mass is 10.1. The van der Waals surface area contributed by atoms with Crippen LogP contribution in [0.1, 0.15) is 54.5 Å². The van der Waals surface area contributed by atoms with Gasteiger partial charge in [0.1, 0.15) is 6.04 Å². The van der Waals surface area contributed by atoms with Gasteiger partial charge >= 0.3 is 5.97 Å². The Labute approximate surface area is 125 Å². The molecule has 0 aliphatic carbocycles. The van der Waals surface area contributed by atoms with Gasteiger partial charge in [0.15, 0.2) is 0 Å². The molecule has 0 spiro atoms. The third-order valence-corrected chi connectivity index (χ3v) is 3.51. The summed E-state index contributed by atoms with van der Waals surface area (Å²) >= 11 is 0. The molecule has 0 fully saturated rings. The van der Waals surface area contributed by atoms with E-state index in [2.05, 4.69) is 16.5 Å². The van der Waals surface area contributed by atoms with Gasteiger partial charge in [0.2, 0.25) is 0 Å². The molecule has 1 unspecified atom stereocenters. The zero-order chi connectivity index (χ0) is 16.2. The number of carbonyl (C=O) groups excluding carboxylic acids is 1. The monoisotopic (exact) mass is 292 g/mol. The van der Waals surface area contributed by atoms with E-state index in [4.69, 9.17) is 5.11 Å². The van der Waals surface area contributed by atoms with Crippen molar-refractivity contribution >= 4 is 11.9 Å². The SMILES string of the molecule is C=CCCC(NC(=O)c1cc(C)n(C(C)C)c1C)C(=O)O. The molecule has 1 heterocycles. The average molecular weight is 292 g/mol. The molecule has 5 nitrogen and oxygen atoms in total. The molecule has 0 saturated heterocycles. The smallest absolute Gasteiger partial charge is 0.326 e. The van der Waals surface area contributed by atoms with Crippen LogP contribution in [0.2, 0.25) is 0 Å². The molecule has 21 heavy (non-hydrogen) atoms. The highest BCUT2D eigenvalue weighted by molar-refractivity contribution is 5.97. The molecule has 2 N–H and O–H groups in total. The van der Waals surface area contributed by atoms with Crippen molar-refractivity contribution in [2.45, 2.75) is 52.6 Å². The third kappa shape index (κ3) is 3.97. The van der Waals surface area contributed by atoms with Crippen LogP contribution in [0.5, 0.6) is 0 Å². The van der Waals surface area contributed by atoms with E-state index in [-0.39, 0.29) is 11.9 Å². The van der Waals surface area contributed by atoms with Crippen molar-refractivity contribution < 1.29 is 14.7 Å². The standard InChI is InChI=1S/C16H24N2O3/c1-6-7-8-14(16(20)21)17-15(19)13-9-11(4)18(10(2)3)12(13)5/h6,9-10,14H,1,7-8H2,2-5H3,(H,17,19)(H,20,21). The van der Waals surface area contributed by atoms with E-state index >= 15 is 0 Å². The molecule has 0 aliphatic heterocycles. The predicted molar refractivity (Wildman–Crippen MR) is 82.6 cm³/mol. The van der Waals surface area contributed by atoms with Crippen molar-refractivity contribution in [2.75, 3.05) is 0 Å². The topological polar surface area (TPSA) is 71.3 Å². The molecular formula is C16H24N2O3. The first kappa shape index (κ1) is 17.0. The van der Waals surface area contributed by atoms with E-state index < -0.39 is 12.0 Å². The molecule has 0 aromatic carbocycles. The minimum absolute atomic E-state index is 0.252. The van der Waals surface area contributed by atoms with Crippen LogP contribution in [0.4, 0.5) is 0 Å². The molecule has 1 aromatic rings. The number of nitrogens with one attached hydrogen (secondary N) is 1. The van der Waals surface area contributed by atoms with Crippen molar-refractivity contribution in [1.29, 1.82) is 0 Å². The van der Waals surface area contributed by atoms with Gasteiger partial charge in [0.25, 0.3) is 5.91 Å². The van der Waals surface area contributed by atoms with Crippen molar-refractivity contribution in [1.82, 2.24) is 9.88 Å². The highest BCUT2D eigenvalue weighted by Crippen LogP contribution is 2.20. The Morgan fingerprint density at radius 2 is 2.05 bits per heavy atom. The van der Waals surface area contributed by atoms with E-state index in [0.29, 0.717) is 18.4 Å². The number of allylic oxidation sites excluding steroid dienone is 1. The summed E-state index contributed by atoms with van der Waals surface area (Å²) in [7, 11) is 0. The maximum absolute atomic E-state index is 12.3. The van der Waals surface area contributed by atoms with Crippen molar-refractivity contribution in [3.05, 3.63) is 35.7 Å². The van der Waals surface area contributed by atoms with Gasteiger partial charge in [-0.05, 0) is 46.6 Å². The number of carboxylic acids is 1. The van der Waals surface area contributed by atoms with Crippen LogP contribution in [0.3, 0.4) is 0 Å². The van der Waals surface area contributed by atoms with Crippen LogP contribution in [-0.2, 0) is 4.79 Å². The van der Waals surface area contributed by atoms with Crippen LogP contribution >= 0.6 is 0 Å². The van der Waals surface area contributed by atoms with Crippen LogP contribution in [0, 0.1) is 13.8 Å². The van der Waals surface area contributed by atoms with E-state index in [1.54, 1.807) is 12.1 Å². The fraction of sp³-hybridized carbons (Fsp3) is 0.500. The quantitative estimate of drug-likeness (QED) is 0.759. The first-order valence-corrected chi connectivity index (χ1v) is 7.12. The summed E-state index contributed by atoms with van der Waals surface area (Å²) in [6, 6.07) is 1.16. The fourth-order valence-corrected chi connectivity index (χ4v) is 2.58. The van der Waals surface area contributed by atoms with Gasteiger partial charge in [0.05, 0.1) is 5.56 Å². The van der Waals surface area contributed by atoms with Crippen molar-refractivity contribution in [3.8, 4) is 0 Å². The van der Waals surface area contributed by atoms with Crippen LogP contribution < -0.4 is 5.32 Å². The lowest BCUT2D eigenvalue weighted by Gasteiger charge is -2.15. The highest BCUT2D eigenvalue weighted by Gasteiger charge is 2.23. The summed E-state index contributed by atoms with van der Waals surface area (Å²) in [6.07, 6.45) is 2.53. The molecule has 5 heteroatoms. The molecule has 1 rings (SSSR count). The van der Waals surface area contributed by atoms with Crippen LogP contribution in [0.25, 0.3) is 0 Å². The minimum atomic E-state index is -1.03. The van der Waals surface area contributed by atoms with Crippen molar-refractivity contribution in [2.24, 2.45) is 0 Å². The summed E-state index contributed by atoms with van der Waals surface area (Å²) in [5, 5.41) is 11.7. The van der Waals surface area contributed by atoms with Gasteiger partial charge in [-0.2, -0.15) is 0 Å². The molecule has 0 saturated carbocycles. The number of carbonyl (C=O) groups is 2. The van der Waals surface area contributed by atoms with Gasteiger partial charge < -0.3 is 15.0 Å². The molecule has 1 amide bonds. The van der Waals surface area contributed by atoms with Gasteiger partial charge in [0, 0.05) is 17.4 Å². The Hall–Kier alpha value is -2.04. The fourth-order valence-electron chi connectivity index (χ4n) is 2.58. The molecular weight excluding hydrogens is 268 g/mol. The number of aromatic nitrogens is 1. The number of carboxylic acid groups (broad SMARTS) is 1. The molecule has 1 aromatic heterocycles. The predicted octanol–water partition coefficient (Wildman–Crippen LogP) is 2.84. The molecule has 0 bridgehead atoms. The summed E-state index contributed by atoms with van der Waals surface area (Å²) in [5.74, 6) is -1.37. The summed E-state index contributed by atoms with van der Waals surface area (Å²) in [6.45, 7) is 11.5. The van der Waals surface area contributed by atoms with Gasteiger partial charge in [-0.3, -0.25) is 4.79 Å². The summed E-state index contributed by atoms with van der Waals surface area (Å²) < 4.78 is 2.06. The Balaban J connectivity index is 2.95. The van der Waals surface area contributed by atoms with Gasteiger partial charge in [-0.1, -0.05) is 6.08 Å². The highest BCUT2D eigenvalue weighted by atomic mass is 16.4. The lowest BCUT2D eigenvalue weighted by molar-refractivity contribution is -0.139. The molecule has 1 atom stereocenters.